The summed E-state index contributed by atoms with van der Waals surface area (Å²) < 4.78 is 7.17. The molecule has 0 unspecified atom stereocenters. The van der Waals surface area contributed by atoms with Crippen LogP contribution in [0, 0.1) is 13.8 Å². The fraction of sp³-hybridized carbons (Fsp3) is 0.320. The van der Waals surface area contributed by atoms with Gasteiger partial charge in [-0.3, -0.25) is 9.59 Å². The second-order valence-corrected chi connectivity index (χ2v) is 8.60. The smallest absolute Gasteiger partial charge is 0.260 e. The summed E-state index contributed by atoms with van der Waals surface area (Å²) in [4.78, 5) is 25.9. The lowest BCUT2D eigenvalue weighted by Crippen LogP contribution is -2.32. The van der Waals surface area contributed by atoms with Gasteiger partial charge in [0.2, 0.25) is 0 Å². The molecular formula is C25H27ClN4O3. The molecule has 1 saturated heterocycles. The van der Waals surface area contributed by atoms with Gasteiger partial charge in [-0.2, -0.15) is 5.10 Å². The van der Waals surface area contributed by atoms with E-state index in [4.69, 9.17) is 16.3 Å². The van der Waals surface area contributed by atoms with Gasteiger partial charge in [-0.1, -0.05) is 53.6 Å². The Morgan fingerprint density at radius 1 is 1.12 bits per heavy atom. The molecule has 0 saturated carbocycles. The third kappa shape index (κ3) is 5.43. The highest BCUT2D eigenvalue weighted by molar-refractivity contribution is 6.33. The number of carbonyl (C=O) groups is 2. The molecule has 3 aromatic rings. The van der Waals surface area contributed by atoms with Crippen LogP contribution >= 0.6 is 11.6 Å². The molecule has 1 fully saturated rings. The van der Waals surface area contributed by atoms with Crippen molar-refractivity contribution in [2.75, 3.05) is 18.5 Å². The average molecular weight is 467 g/mol. The van der Waals surface area contributed by atoms with Crippen LogP contribution in [-0.4, -0.2) is 40.9 Å². The predicted octanol–water partition coefficient (Wildman–Crippen LogP) is 4.36. The van der Waals surface area contributed by atoms with E-state index in [1.165, 1.54) is 5.56 Å². The SMILES string of the molecule is Cc1ccc(Cn2nc(C)c(C(=O)Nc3ccccc3C(=O)NC[C@@H]3CCCO3)c2Cl)cc1. The Balaban J connectivity index is 1.49. The Hall–Kier alpha value is -3.16. The molecule has 1 aliphatic heterocycles. The van der Waals surface area contributed by atoms with Crippen molar-refractivity contribution in [3.8, 4) is 0 Å². The van der Waals surface area contributed by atoms with Crippen LogP contribution in [0.2, 0.25) is 5.15 Å². The first-order valence-electron chi connectivity index (χ1n) is 11.0. The molecule has 172 valence electrons. The van der Waals surface area contributed by atoms with E-state index in [0.29, 0.717) is 35.6 Å². The van der Waals surface area contributed by atoms with Crippen LogP contribution < -0.4 is 10.6 Å². The standard InChI is InChI=1S/C25H27ClN4O3/c1-16-9-11-18(12-10-16)15-30-23(26)22(17(2)29-30)25(32)28-21-8-4-3-7-20(21)24(31)27-14-19-6-5-13-33-19/h3-4,7-12,19H,5-6,13-15H2,1-2H3,(H,27,31)(H,28,32)/t19-/m0/s1. The summed E-state index contributed by atoms with van der Waals surface area (Å²) in [6, 6.07) is 15.0. The normalized spacial score (nSPS) is 15.4. The molecule has 0 bridgehead atoms. The number of nitrogens with zero attached hydrogens (tertiary/aromatic N) is 2. The molecule has 2 heterocycles. The maximum absolute atomic E-state index is 13.1. The number of amides is 2. The molecule has 1 aliphatic rings. The van der Waals surface area contributed by atoms with Crippen molar-refractivity contribution in [2.24, 2.45) is 0 Å². The summed E-state index contributed by atoms with van der Waals surface area (Å²) in [5.41, 5.74) is 3.80. The number of carbonyl (C=O) groups excluding carboxylic acids is 2. The molecule has 7 nitrogen and oxygen atoms in total. The number of benzene rings is 2. The highest BCUT2D eigenvalue weighted by Crippen LogP contribution is 2.24. The van der Waals surface area contributed by atoms with Crippen molar-refractivity contribution < 1.29 is 14.3 Å². The summed E-state index contributed by atoms with van der Waals surface area (Å²) >= 11 is 6.54. The summed E-state index contributed by atoms with van der Waals surface area (Å²) in [6.45, 7) is 5.39. The van der Waals surface area contributed by atoms with Gasteiger partial charge in [0, 0.05) is 13.2 Å². The molecule has 4 rings (SSSR count). The summed E-state index contributed by atoms with van der Waals surface area (Å²) in [6.07, 6.45) is 1.98. The maximum Gasteiger partial charge on any atom is 0.260 e. The highest BCUT2D eigenvalue weighted by Gasteiger charge is 2.23. The molecule has 1 aromatic heterocycles. The third-order valence-corrected chi connectivity index (χ3v) is 6.06. The van der Waals surface area contributed by atoms with Crippen molar-refractivity contribution in [2.45, 2.75) is 39.3 Å². The van der Waals surface area contributed by atoms with E-state index in [1.807, 2.05) is 31.2 Å². The van der Waals surface area contributed by atoms with Crippen molar-refractivity contribution in [3.63, 3.8) is 0 Å². The number of rotatable bonds is 7. The molecule has 8 heteroatoms. The van der Waals surface area contributed by atoms with E-state index in [-0.39, 0.29) is 17.2 Å². The number of anilines is 1. The zero-order valence-electron chi connectivity index (χ0n) is 18.7. The lowest BCUT2D eigenvalue weighted by atomic mass is 10.1. The quantitative estimate of drug-likeness (QED) is 0.541. The Labute approximate surface area is 198 Å². The number of aryl methyl sites for hydroxylation is 2. The zero-order valence-corrected chi connectivity index (χ0v) is 19.5. The van der Waals surface area contributed by atoms with Crippen LogP contribution in [0.15, 0.2) is 48.5 Å². The number of para-hydroxylation sites is 1. The van der Waals surface area contributed by atoms with Gasteiger partial charge in [0.15, 0.2) is 0 Å². The van der Waals surface area contributed by atoms with E-state index >= 15 is 0 Å². The number of ether oxygens (including phenoxy) is 1. The van der Waals surface area contributed by atoms with Crippen molar-refractivity contribution >= 4 is 29.1 Å². The minimum Gasteiger partial charge on any atom is -0.376 e. The second kappa shape index (κ2) is 10.2. The van der Waals surface area contributed by atoms with Crippen molar-refractivity contribution in [1.82, 2.24) is 15.1 Å². The van der Waals surface area contributed by atoms with Crippen LogP contribution in [0.25, 0.3) is 0 Å². The molecule has 2 amide bonds. The van der Waals surface area contributed by atoms with Crippen LogP contribution in [-0.2, 0) is 11.3 Å². The van der Waals surface area contributed by atoms with Gasteiger partial charge in [0.05, 0.1) is 35.2 Å². The third-order valence-electron chi connectivity index (χ3n) is 5.68. The number of aromatic nitrogens is 2. The highest BCUT2D eigenvalue weighted by atomic mass is 35.5. The van der Waals surface area contributed by atoms with Crippen LogP contribution in [0.5, 0.6) is 0 Å². The lowest BCUT2D eigenvalue weighted by molar-refractivity contribution is 0.0858. The Morgan fingerprint density at radius 3 is 2.61 bits per heavy atom. The van der Waals surface area contributed by atoms with E-state index in [1.54, 1.807) is 35.9 Å². The van der Waals surface area contributed by atoms with E-state index in [2.05, 4.69) is 15.7 Å². The predicted molar refractivity (Wildman–Crippen MR) is 128 cm³/mol. The Kier molecular flexibility index (Phi) is 7.11. The lowest BCUT2D eigenvalue weighted by Gasteiger charge is -2.14. The van der Waals surface area contributed by atoms with Gasteiger partial charge in [-0.15, -0.1) is 0 Å². The Morgan fingerprint density at radius 2 is 1.88 bits per heavy atom. The van der Waals surface area contributed by atoms with E-state index in [0.717, 1.165) is 25.0 Å². The first-order chi connectivity index (χ1) is 15.9. The van der Waals surface area contributed by atoms with Crippen LogP contribution in [0.3, 0.4) is 0 Å². The number of nitrogens with one attached hydrogen (secondary N) is 2. The molecule has 0 aliphatic carbocycles. The number of halogens is 1. The monoisotopic (exact) mass is 466 g/mol. The largest absolute Gasteiger partial charge is 0.376 e. The van der Waals surface area contributed by atoms with Gasteiger partial charge in [-0.05, 0) is 44.4 Å². The van der Waals surface area contributed by atoms with Crippen LogP contribution in [0.1, 0.15) is 50.4 Å². The minimum atomic E-state index is -0.410. The summed E-state index contributed by atoms with van der Waals surface area (Å²) in [5, 5.41) is 10.4. The van der Waals surface area contributed by atoms with Crippen LogP contribution in [0.4, 0.5) is 5.69 Å². The van der Waals surface area contributed by atoms with E-state index < -0.39 is 5.91 Å². The Bertz CT molecular complexity index is 1150. The second-order valence-electron chi connectivity index (χ2n) is 8.24. The topological polar surface area (TPSA) is 85.2 Å². The van der Waals surface area contributed by atoms with Gasteiger partial charge in [-0.25, -0.2) is 4.68 Å². The molecule has 1 atom stereocenters. The minimum absolute atomic E-state index is 0.0385. The molecule has 0 radical (unpaired) electrons. The van der Waals surface area contributed by atoms with Gasteiger partial charge < -0.3 is 15.4 Å². The van der Waals surface area contributed by atoms with Gasteiger partial charge in [0.25, 0.3) is 11.8 Å². The first kappa shape index (κ1) is 23.0. The molecular weight excluding hydrogens is 440 g/mol. The summed E-state index contributed by atoms with van der Waals surface area (Å²) in [5.74, 6) is -0.675. The fourth-order valence-corrected chi connectivity index (χ4v) is 4.18. The molecule has 2 N–H and O–H groups in total. The summed E-state index contributed by atoms with van der Waals surface area (Å²) in [7, 11) is 0. The van der Waals surface area contributed by atoms with E-state index in [9.17, 15) is 9.59 Å². The molecule has 2 aromatic carbocycles. The van der Waals surface area contributed by atoms with Gasteiger partial charge >= 0.3 is 0 Å². The fourth-order valence-electron chi connectivity index (χ4n) is 3.86. The first-order valence-corrected chi connectivity index (χ1v) is 11.4. The zero-order chi connectivity index (χ0) is 23.4. The number of hydrogen-bond acceptors (Lipinski definition) is 4. The molecule has 33 heavy (non-hydrogen) atoms. The van der Waals surface area contributed by atoms with Gasteiger partial charge in [0.1, 0.15) is 5.15 Å². The maximum atomic E-state index is 13.1. The molecule has 0 spiro atoms. The van der Waals surface area contributed by atoms with Crippen molar-refractivity contribution in [3.05, 3.63) is 81.6 Å². The van der Waals surface area contributed by atoms with Crippen molar-refractivity contribution in [1.29, 1.82) is 0 Å². The number of hydrogen-bond donors (Lipinski definition) is 2. The average Bonchev–Trinajstić information content (AvgIpc) is 3.41.